The molecule has 0 aliphatic carbocycles. The van der Waals surface area contributed by atoms with E-state index in [9.17, 15) is 4.79 Å². The molecule has 5 heteroatoms. The SMILES string of the molecule is Cn1c2ncccc2c(=O)n2nccc12. The van der Waals surface area contributed by atoms with Crippen LogP contribution in [0.2, 0.25) is 0 Å². The second-order valence-electron chi connectivity index (χ2n) is 3.34. The fourth-order valence-electron chi connectivity index (χ4n) is 1.76. The summed E-state index contributed by atoms with van der Waals surface area (Å²) in [5.41, 5.74) is 1.29. The van der Waals surface area contributed by atoms with E-state index in [1.54, 1.807) is 30.6 Å². The summed E-state index contributed by atoms with van der Waals surface area (Å²) >= 11 is 0. The molecule has 0 aliphatic heterocycles. The number of hydrogen-bond acceptors (Lipinski definition) is 3. The molecule has 0 aliphatic rings. The summed E-state index contributed by atoms with van der Waals surface area (Å²) in [5, 5.41) is 4.56. The molecule has 15 heavy (non-hydrogen) atoms. The second-order valence-corrected chi connectivity index (χ2v) is 3.34. The molecule has 0 spiro atoms. The van der Waals surface area contributed by atoms with Gasteiger partial charge < -0.3 is 4.57 Å². The van der Waals surface area contributed by atoms with Gasteiger partial charge in [-0.1, -0.05) is 0 Å². The minimum Gasteiger partial charge on any atom is -0.313 e. The molecule has 0 bridgehead atoms. The van der Waals surface area contributed by atoms with Gasteiger partial charge in [0.15, 0.2) is 0 Å². The summed E-state index contributed by atoms with van der Waals surface area (Å²) in [7, 11) is 1.87. The Hall–Kier alpha value is -2.17. The first-order chi connectivity index (χ1) is 7.29. The third kappa shape index (κ3) is 0.942. The van der Waals surface area contributed by atoms with Crippen LogP contribution in [0.15, 0.2) is 35.4 Å². The molecule has 5 nitrogen and oxygen atoms in total. The summed E-state index contributed by atoms with van der Waals surface area (Å²) in [6.07, 6.45) is 3.28. The largest absolute Gasteiger partial charge is 0.313 e. The van der Waals surface area contributed by atoms with Crippen LogP contribution >= 0.6 is 0 Å². The average molecular weight is 200 g/mol. The molecule has 0 amide bonds. The third-order valence-corrected chi connectivity index (χ3v) is 2.49. The summed E-state index contributed by atoms with van der Waals surface area (Å²) in [4.78, 5) is 16.1. The maximum atomic E-state index is 11.9. The highest BCUT2D eigenvalue weighted by molar-refractivity contribution is 5.76. The van der Waals surface area contributed by atoms with Crippen molar-refractivity contribution in [2.45, 2.75) is 0 Å². The van der Waals surface area contributed by atoms with Gasteiger partial charge in [0.25, 0.3) is 5.56 Å². The van der Waals surface area contributed by atoms with E-state index >= 15 is 0 Å². The number of rotatable bonds is 0. The van der Waals surface area contributed by atoms with Crippen molar-refractivity contribution in [3.63, 3.8) is 0 Å². The Balaban J connectivity index is 2.76. The molecule has 0 atom stereocenters. The third-order valence-electron chi connectivity index (χ3n) is 2.49. The number of nitrogens with zero attached hydrogens (tertiary/aromatic N) is 4. The van der Waals surface area contributed by atoms with Crippen molar-refractivity contribution in [1.29, 1.82) is 0 Å². The Morgan fingerprint density at radius 3 is 3.00 bits per heavy atom. The predicted molar refractivity (Wildman–Crippen MR) is 55.7 cm³/mol. The molecule has 3 heterocycles. The Kier molecular flexibility index (Phi) is 1.45. The zero-order chi connectivity index (χ0) is 10.4. The van der Waals surface area contributed by atoms with Crippen LogP contribution in [0.25, 0.3) is 16.7 Å². The van der Waals surface area contributed by atoms with Gasteiger partial charge in [0.2, 0.25) is 0 Å². The van der Waals surface area contributed by atoms with Gasteiger partial charge >= 0.3 is 0 Å². The van der Waals surface area contributed by atoms with E-state index in [4.69, 9.17) is 0 Å². The summed E-state index contributed by atoms with van der Waals surface area (Å²) in [6, 6.07) is 5.29. The first-order valence-electron chi connectivity index (χ1n) is 4.56. The molecule has 0 N–H and O–H groups in total. The minimum atomic E-state index is -0.129. The lowest BCUT2D eigenvalue weighted by Crippen LogP contribution is -2.18. The minimum absolute atomic E-state index is 0.129. The van der Waals surface area contributed by atoms with Gasteiger partial charge in [-0.3, -0.25) is 4.79 Å². The van der Waals surface area contributed by atoms with Crippen molar-refractivity contribution in [3.05, 3.63) is 40.9 Å². The van der Waals surface area contributed by atoms with Crippen molar-refractivity contribution in [2.75, 3.05) is 0 Å². The number of aryl methyl sites for hydroxylation is 1. The number of fused-ring (bicyclic) bond motifs is 2. The van der Waals surface area contributed by atoms with Gasteiger partial charge in [-0.05, 0) is 12.1 Å². The van der Waals surface area contributed by atoms with Crippen molar-refractivity contribution < 1.29 is 0 Å². The number of hydrogen-bond donors (Lipinski definition) is 0. The van der Waals surface area contributed by atoms with Crippen molar-refractivity contribution >= 4 is 16.7 Å². The molecule has 0 radical (unpaired) electrons. The van der Waals surface area contributed by atoms with Crippen molar-refractivity contribution in [2.24, 2.45) is 7.05 Å². The number of aromatic nitrogens is 4. The summed E-state index contributed by atoms with van der Waals surface area (Å²) in [5.74, 6) is 0. The van der Waals surface area contributed by atoms with Gasteiger partial charge in [-0.25, -0.2) is 4.98 Å². The lowest BCUT2D eigenvalue weighted by molar-refractivity contribution is 0.848. The first-order valence-corrected chi connectivity index (χ1v) is 4.56. The molecule has 0 aromatic carbocycles. The topological polar surface area (TPSA) is 52.2 Å². The molecule has 0 saturated heterocycles. The Morgan fingerprint density at radius 2 is 2.13 bits per heavy atom. The highest BCUT2D eigenvalue weighted by Gasteiger charge is 2.08. The molecule has 3 aromatic rings. The van der Waals surface area contributed by atoms with E-state index in [0.29, 0.717) is 11.0 Å². The van der Waals surface area contributed by atoms with Crippen LogP contribution in [0.1, 0.15) is 0 Å². The standard InChI is InChI=1S/C10H8N4O/c1-13-8-4-6-12-14(8)10(15)7-3-2-5-11-9(7)13/h2-6H,1H3. The molecule has 3 aromatic heterocycles. The van der Waals surface area contributed by atoms with Crippen molar-refractivity contribution in [1.82, 2.24) is 19.2 Å². The van der Waals surface area contributed by atoms with E-state index in [2.05, 4.69) is 10.1 Å². The molecule has 0 saturated carbocycles. The average Bonchev–Trinajstić information content (AvgIpc) is 2.75. The highest BCUT2D eigenvalue weighted by atomic mass is 16.1. The van der Waals surface area contributed by atoms with Crippen LogP contribution in [-0.4, -0.2) is 19.2 Å². The zero-order valence-corrected chi connectivity index (χ0v) is 8.08. The fourth-order valence-corrected chi connectivity index (χ4v) is 1.76. The van der Waals surface area contributed by atoms with Crippen LogP contribution in [0.3, 0.4) is 0 Å². The van der Waals surface area contributed by atoms with Crippen LogP contribution in [0, 0.1) is 0 Å². The summed E-state index contributed by atoms with van der Waals surface area (Å²) in [6.45, 7) is 0. The molecule has 74 valence electrons. The Morgan fingerprint density at radius 1 is 1.27 bits per heavy atom. The molecular formula is C10H8N4O. The molecule has 0 unspecified atom stereocenters. The maximum absolute atomic E-state index is 11.9. The Bertz CT molecular complexity index is 710. The summed E-state index contributed by atoms with van der Waals surface area (Å²) < 4.78 is 3.23. The van der Waals surface area contributed by atoms with E-state index in [1.807, 2.05) is 11.6 Å². The maximum Gasteiger partial charge on any atom is 0.283 e. The van der Waals surface area contributed by atoms with Crippen molar-refractivity contribution in [3.8, 4) is 0 Å². The van der Waals surface area contributed by atoms with Crippen LogP contribution in [-0.2, 0) is 7.05 Å². The number of pyridine rings is 1. The smallest absolute Gasteiger partial charge is 0.283 e. The quantitative estimate of drug-likeness (QED) is 0.533. The van der Waals surface area contributed by atoms with Crippen LogP contribution in [0.4, 0.5) is 0 Å². The van der Waals surface area contributed by atoms with Gasteiger partial charge in [0.1, 0.15) is 11.3 Å². The van der Waals surface area contributed by atoms with Gasteiger partial charge in [-0.15, -0.1) is 0 Å². The van der Waals surface area contributed by atoms with E-state index < -0.39 is 0 Å². The lowest BCUT2D eigenvalue weighted by atomic mass is 10.3. The van der Waals surface area contributed by atoms with Crippen LogP contribution < -0.4 is 5.56 Å². The van der Waals surface area contributed by atoms with Gasteiger partial charge in [0.05, 0.1) is 11.6 Å². The molecule has 0 fully saturated rings. The zero-order valence-electron chi connectivity index (χ0n) is 8.08. The van der Waals surface area contributed by atoms with Crippen LogP contribution in [0.5, 0.6) is 0 Å². The first kappa shape index (κ1) is 8.16. The lowest BCUT2D eigenvalue weighted by Gasteiger charge is -2.05. The Labute approximate surface area is 84.6 Å². The highest BCUT2D eigenvalue weighted by Crippen LogP contribution is 2.08. The fraction of sp³-hybridized carbons (Fsp3) is 0.100. The van der Waals surface area contributed by atoms with E-state index in [0.717, 1.165) is 5.65 Å². The monoisotopic (exact) mass is 200 g/mol. The molecule has 3 rings (SSSR count). The van der Waals surface area contributed by atoms with E-state index in [1.165, 1.54) is 4.52 Å². The van der Waals surface area contributed by atoms with E-state index in [-0.39, 0.29) is 5.56 Å². The van der Waals surface area contributed by atoms with Gasteiger partial charge in [0, 0.05) is 19.3 Å². The predicted octanol–water partition coefficient (Wildman–Crippen LogP) is 0.581. The second kappa shape index (κ2) is 2.66. The normalized spacial score (nSPS) is 11.3. The van der Waals surface area contributed by atoms with Gasteiger partial charge in [-0.2, -0.15) is 9.61 Å². The molecular weight excluding hydrogens is 192 g/mol.